The van der Waals surface area contributed by atoms with Crippen molar-refractivity contribution in [3.05, 3.63) is 28.8 Å². The summed E-state index contributed by atoms with van der Waals surface area (Å²) in [5, 5.41) is 3.27. The molecule has 0 aliphatic carbocycles. The molecular weight excluding hydrogens is 356 g/mol. The minimum atomic E-state index is -0.132. The van der Waals surface area contributed by atoms with Crippen molar-refractivity contribution in [2.24, 2.45) is 0 Å². The monoisotopic (exact) mass is 378 g/mol. The summed E-state index contributed by atoms with van der Waals surface area (Å²) in [6.07, 6.45) is 1.27. The lowest BCUT2D eigenvalue weighted by Crippen LogP contribution is -2.53. The average Bonchev–Trinajstić information content (AvgIpc) is 3.07. The topological polar surface area (TPSA) is 73.0 Å². The lowest BCUT2D eigenvalue weighted by atomic mass is 10.1. The van der Waals surface area contributed by atoms with Crippen molar-refractivity contribution < 1.29 is 14.4 Å². The molecule has 0 spiro atoms. The molecule has 140 valence electrons. The highest BCUT2D eigenvalue weighted by Crippen LogP contribution is 2.29. The van der Waals surface area contributed by atoms with E-state index in [4.69, 9.17) is 11.6 Å². The Bertz CT molecular complexity index is 716. The predicted octanol–water partition coefficient (Wildman–Crippen LogP) is 1.95. The molecule has 4 amide bonds. The second kappa shape index (κ2) is 7.95. The third-order valence-electron chi connectivity index (χ3n) is 4.74. The number of piperazine rings is 1. The number of hydrogen-bond acceptors (Lipinski definition) is 3. The van der Waals surface area contributed by atoms with Crippen molar-refractivity contribution in [3.63, 3.8) is 0 Å². The maximum absolute atomic E-state index is 13.0. The molecular formula is C18H23ClN4O3. The first-order valence-electron chi connectivity index (χ1n) is 8.93. The quantitative estimate of drug-likeness (QED) is 0.873. The van der Waals surface area contributed by atoms with Crippen molar-refractivity contribution >= 4 is 35.1 Å². The van der Waals surface area contributed by atoms with E-state index in [1.165, 1.54) is 0 Å². The number of benzene rings is 1. The van der Waals surface area contributed by atoms with Gasteiger partial charge >= 0.3 is 6.03 Å². The molecule has 0 atom stereocenters. The first kappa shape index (κ1) is 18.5. The third-order valence-corrected chi connectivity index (χ3v) is 4.97. The number of amides is 4. The van der Waals surface area contributed by atoms with E-state index in [9.17, 15) is 14.4 Å². The lowest BCUT2D eigenvalue weighted by Gasteiger charge is -2.35. The number of rotatable bonds is 3. The highest BCUT2D eigenvalue weighted by atomic mass is 35.5. The van der Waals surface area contributed by atoms with Gasteiger partial charge in [0.25, 0.3) is 5.91 Å². The second-order valence-electron chi connectivity index (χ2n) is 6.43. The number of carbonyl (C=O) groups is 3. The van der Waals surface area contributed by atoms with Crippen molar-refractivity contribution in [1.82, 2.24) is 15.1 Å². The second-order valence-corrected chi connectivity index (χ2v) is 6.86. The fourth-order valence-electron chi connectivity index (χ4n) is 3.36. The number of anilines is 1. The molecule has 1 aromatic carbocycles. The van der Waals surface area contributed by atoms with E-state index in [2.05, 4.69) is 5.32 Å². The van der Waals surface area contributed by atoms with E-state index in [1.54, 1.807) is 32.9 Å². The summed E-state index contributed by atoms with van der Waals surface area (Å²) in [7, 11) is 0. The smallest absolute Gasteiger partial charge is 0.317 e. The van der Waals surface area contributed by atoms with Gasteiger partial charge in [0, 0.05) is 50.7 Å². The molecule has 2 fully saturated rings. The van der Waals surface area contributed by atoms with Crippen LogP contribution in [0.4, 0.5) is 10.5 Å². The number of carbonyl (C=O) groups excluding carboxylic acids is 3. The van der Waals surface area contributed by atoms with Crippen LogP contribution in [0.5, 0.6) is 0 Å². The Morgan fingerprint density at radius 2 is 1.81 bits per heavy atom. The summed E-state index contributed by atoms with van der Waals surface area (Å²) in [6.45, 7) is 4.96. The van der Waals surface area contributed by atoms with Gasteiger partial charge in [0.15, 0.2) is 0 Å². The molecule has 8 heteroatoms. The van der Waals surface area contributed by atoms with Crippen LogP contribution in [0.15, 0.2) is 18.2 Å². The molecule has 2 heterocycles. The number of nitrogens with zero attached hydrogens (tertiary/aromatic N) is 3. The van der Waals surface area contributed by atoms with Crippen LogP contribution >= 0.6 is 11.6 Å². The summed E-state index contributed by atoms with van der Waals surface area (Å²) in [6, 6.07) is 4.93. The van der Waals surface area contributed by atoms with E-state index in [0.717, 1.165) is 6.42 Å². The fourth-order valence-corrected chi connectivity index (χ4v) is 3.52. The van der Waals surface area contributed by atoms with E-state index < -0.39 is 0 Å². The fraction of sp³-hybridized carbons (Fsp3) is 0.500. The molecule has 1 N–H and O–H groups in total. The minimum absolute atomic E-state index is 0.0161. The molecule has 3 rings (SSSR count). The first-order valence-corrected chi connectivity index (χ1v) is 9.31. The van der Waals surface area contributed by atoms with E-state index in [-0.39, 0.29) is 17.8 Å². The Kier molecular flexibility index (Phi) is 5.66. The largest absolute Gasteiger partial charge is 0.338 e. The van der Waals surface area contributed by atoms with Crippen molar-refractivity contribution in [2.45, 2.75) is 19.8 Å². The molecule has 0 aromatic heterocycles. The Morgan fingerprint density at radius 1 is 1.12 bits per heavy atom. The average molecular weight is 379 g/mol. The highest BCUT2D eigenvalue weighted by molar-refractivity contribution is 6.31. The van der Waals surface area contributed by atoms with Crippen molar-refractivity contribution in [1.29, 1.82) is 0 Å². The normalized spacial score (nSPS) is 17.6. The molecule has 0 unspecified atom stereocenters. The Balaban J connectivity index is 1.75. The maximum Gasteiger partial charge on any atom is 0.317 e. The van der Waals surface area contributed by atoms with Crippen LogP contribution in [0.2, 0.25) is 5.02 Å². The van der Waals surface area contributed by atoms with E-state index >= 15 is 0 Å². The van der Waals surface area contributed by atoms with Gasteiger partial charge < -0.3 is 20.0 Å². The maximum atomic E-state index is 13.0. The zero-order valence-electron chi connectivity index (χ0n) is 14.8. The van der Waals surface area contributed by atoms with E-state index in [1.807, 2.05) is 6.92 Å². The van der Waals surface area contributed by atoms with Gasteiger partial charge in [-0.05, 0) is 31.5 Å². The Labute approximate surface area is 157 Å². The van der Waals surface area contributed by atoms with Gasteiger partial charge in [0.2, 0.25) is 5.91 Å². The van der Waals surface area contributed by atoms with E-state index in [0.29, 0.717) is 62.0 Å². The van der Waals surface area contributed by atoms with Crippen LogP contribution in [0.25, 0.3) is 0 Å². The molecule has 7 nitrogen and oxygen atoms in total. The van der Waals surface area contributed by atoms with Crippen LogP contribution < -0.4 is 10.2 Å². The molecule has 26 heavy (non-hydrogen) atoms. The number of nitrogens with one attached hydrogen (secondary N) is 1. The molecule has 2 saturated heterocycles. The summed E-state index contributed by atoms with van der Waals surface area (Å²) in [5.74, 6) is -0.116. The lowest BCUT2D eigenvalue weighted by molar-refractivity contribution is -0.117. The Morgan fingerprint density at radius 3 is 2.42 bits per heavy atom. The van der Waals surface area contributed by atoms with Gasteiger partial charge in [-0.25, -0.2) is 4.79 Å². The third kappa shape index (κ3) is 3.77. The highest BCUT2D eigenvalue weighted by Gasteiger charge is 2.30. The van der Waals surface area contributed by atoms with Crippen LogP contribution in [-0.4, -0.2) is 66.9 Å². The first-order chi connectivity index (χ1) is 12.5. The number of urea groups is 1. The van der Waals surface area contributed by atoms with Gasteiger partial charge in [-0.1, -0.05) is 11.6 Å². The van der Waals surface area contributed by atoms with Crippen LogP contribution in [-0.2, 0) is 4.79 Å². The Hall–Kier alpha value is -2.28. The number of halogens is 1. The molecule has 2 aliphatic heterocycles. The van der Waals surface area contributed by atoms with Gasteiger partial charge in [-0.2, -0.15) is 0 Å². The van der Waals surface area contributed by atoms with Crippen molar-refractivity contribution in [2.75, 3.05) is 44.2 Å². The van der Waals surface area contributed by atoms with Gasteiger partial charge in [-0.3, -0.25) is 9.59 Å². The number of hydrogen-bond donors (Lipinski definition) is 1. The zero-order chi connectivity index (χ0) is 18.7. The molecule has 0 radical (unpaired) electrons. The van der Waals surface area contributed by atoms with Crippen LogP contribution in [0, 0.1) is 0 Å². The zero-order valence-corrected chi connectivity index (χ0v) is 15.6. The van der Waals surface area contributed by atoms with Crippen molar-refractivity contribution in [3.8, 4) is 0 Å². The summed E-state index contributed by atoms with van der Waals surface area (Å²) < 4.78 is 0. The van der Waals surface area contributed by atoms with Gasteiger partial charge in [0.1, 0.15) is 0 Å². The molecule has 0 saturated carbocycles. The predicted molar refractivity (Wildman–Crippen MR) is 99.6 cm³/mol. The molecule has 1 aromatic rings. The SMILES string of the molecule is CCNC(=O)N1CCN(C(=O)c2ccc(Cl)cc2N2CCCC2=O)CC1. The van der Waals surface area contributed by atoms with Gasteiger partial charge in [-0.15, -0.1) is 0 Å². The standard InChI is InChI=1S/C18H23ClN4O3/c1-2-20-18(26)22-10-8-21(9-11-22)17(25)14-6-5-13(19)12-15(14)23-7-3-4-16(23)24/h5-6,12H,2-4,7-11H2,1H3,(H,20,26). The van der Waals surface area contributed by atoms with Gasteiger partial charge in [0.05, 0.1) is 11.3 Å². The summed E-state index contributed by atoms with van der Waals surface area (Å²) in [4.78, 5) is 42.1. The summed E-state index contributed by atoms with van der Waals surface area (Å²) in [5.41, 5.74) is 1.06. The summed E-state index contributed by atoms with van der Waals surface area (Å²) >= 11 is 6.10. The van der Waals surface area contributed by atoms with Crippen LogP contribution in [0.1, 0.15) is 30.1 Å². The molecule has 0 bridgehead atoms. The molecule has 2 aliphatic rings. The van der Waals surface area contributed by atoms with Crippen LogP contribution in [0.3, 0.4) is 0 Å². The minimum Gasteiger partial charge on any atom is -0.338 e.